The number of hydrogen-bond acceptors (Lipinski definition) is 4. The molecule has 0 spiro atoms. The molecule has 0 radical (unpaired) electrons. The highest BCUT2D eigenvalue weighted by Crippen LogP contribution is 2.26. The molecule has 1 aromatic heterocycles. The topological polar surface area (TPSA) is 68.1 Å². The number of imide groups is 1. The van der Waals surface area contributed by atoms with Crippen molar-refractivity contribution in [1.29, 1.82) is 0 Å². The molecule has 0 bridgehead atoms. The van der Waals surface area contributed by atoms with E-state index in [1.807, 2.05) is 30.3 Å². The second-order valence-electron chi connectivity index (χ2n) is 5.21. The van der Waals surface area contributed by atoms with E-state index in [2.05, 4.69) is 10.2 Å². The standard InChI is InChI=1S/C17H12N4O2/c22-16-13-8-4-5-9-14(13)17(23)21(16)15-10-18-20(19-15)11-12-6-2-1-3-7-12/h1-10H,11H2. The number of nitrogens with zero attached hydrogens (tertiary/aromatic N) is 4. The molecule has 0 unspecified atom stereocenters. The van der Waals surface area contributed by atoms with Crippen LogP contribution in [0.4, 0.5) is 5.82 Å². The van der Waals surface area contributed by atoms with Crippen molar-refractivity contribution >= 4 is 17.6 Å². The Labute approximate surface area is 132 Å². The molecule has 112 valence electrons. The lowest BCUT2D eigenvalue weighted by Gasteiger charge is -2.08. The fourth-order valence-corrected chi connectivity index (χ4v) is 2.61. The lowest BCUT2D eigenvalue weighted by atomic mass is 10.1. The summed E-state index contributed by atoms with van der Waals surface area (Å²) < 4.78 is 0. The van der Waals surface area contributed by atoms with Crippen LogP contribution in [0.3, 0.4) is 0 Å². The number of hydrogen-bond donors (Lipinski definition) is 0. The van der Waals surface area contributed by atoms with E-state index in [1.54, 1.807) is 24.3 Å². The fourth-order valence-electron chi connectivity index (χ4n) is 2.61. The predicted molar refractivity (Wildman–Crippen MR) is 83.1 cm³/mol. The Morgan fingerprint density at radius 2 is 1.43 bits per heavy atom. The van der Waals surface area contributed by atoms with Gasteiger partial charge in [-0.3, -0.25) is 9.59 Å². The second kappa shape index (κ2) is 5.17. The highest BCUT2D eigenvalue weighted by Gasteiger charge is 2.37. The van der Waals surface area contributed by atoms with Crippen molar-refractivity contribution in [1.82, 2.24) is 15.0 Å². The summed E-state index contributed by atoms with van der Waals surface area (Å²) in [6, 6.07) is 16.5. The molecule has 23 heavy (non-hydrogen) atoms. The first kappa shape index (κ1) is 13.4. The van der Waals surface area contributed by atoms with E-state index in [1.165, 1.54) is 11.0 Å². The molecule has 6 heteroatoms. The van der Waals surface area contributed by atoms with E-state index in [4.69, 9.17) is 0 Å². The van der Waals surface area contributed by atoms with Crippen LogP contribution in [-0.4, -0.2) is 26.8 Å². The maximum atomic E-state index is 12.4. The smallest absolute Gasteiger partial charge is 0.267 e. The van der Waals surface area contributed by atoms with Crippen molar-refractivity contribution in [3.8, 4) is 0 Å². The molecule has 0 saturated carbocycles. The minimum Gasteiger partial charge on any atom is -0.268 e. The van der Waals surface area contributed by atoms with Crippen LogP contribution in [0.15, 0.2) is 60.8 Å². The lowest BCUT2D eigenvalue weighted by molar-refractivity contribution is 0.0925. The Kier molecular flexibility index (Phi) is 3.01. The molecule has 0 aliphatic carbocycles. The number of carbonyl (C=O) groups is 2. The average molecular weight is 304 g/mol. The Hall–Kier alpha value is -3.28. The normalized spacial score (nSPS) is 13.5. The molecular weight excluding hydrogens is 292 g/mol. The summed E-state index contributed by atoms with van der Waals surface area (Å²) in [4.78, 5) is 27.3. The van der Waals surface area contributed by atoms with Crippen molar-refractivity contribution in [2.45, 2.75) is 6.54 Å². The van der Waals surface area contributed by atoms with Crippen LogP contribution in [0.5, 0.6) is 0 Å². The van der Waals surface area contributed by atoms with Gasteiger partial charge in [0.1, 0.15) is 0 Å². The first-order valence-electron chi connectivity index (χ1n) is 7.16. The van der Waals surface area contributed by atoms with Crippen molar-refractivity contribution in [3.63, 3.8) is 0 Å². The van der Waals surface area contributed by atoms with Crippen LogP contribution >= 0.6 is 0 Å². The average Bonchev–Trinajstić information content (AvgIpc) is 3.12. The van der Waals surface area contributed by atoms with Gasteiger partial charge >= 0.3 is 0 Å². The first-order chi connectivity index (χ1) is 11.2. The van der Waals surface area contributed by atoms with Gasteiger partial charge in [0.25, 0.3) is 11.8 Å². The van der Waals surface area contributed by atoms with E-state index in [0.29, 0.717) is 17.7 Å². The summed E-state index contributed by atoms with van der Waals surface area (Å²) in [6.07, 6.45) is 1.44. The molecular formula is C17H12N4O2. The predicted octanol–water partition coefficient (Wildman–Crippen LogP) is 2.13. The third kappa shape index (κ3) is 2.20. The number of carbonyl (C=O) groups excluding carboxylic acids is 2. The van der Waals surface area contributed by atoms with Gasteiger partial charge in [0.2, 0.25) is 0 Å². The zero-order valence-corrected chi connectivity index (χ0v) is 12.1. The highest BCUT2D eigenvalue weighted by atomic mass is 16.2. The zero-order chi connectivity index (χ0) is 15.8. The monoisotopic (exact) mass is 304 g/mol. The summed E-state index contributed by atoms with van der Waals surface area (Å²) in [7, 11) is 0. The lowest BCUT2D eigenvalue weighted by Crippen LogP contribution is -2.29. The van der Waals surface area contributed by atoms with Crippen LogP contribution in [0.2, 0.25) is 0 Å². The third-order valence-corrected chi connectivity index (χ3v) is 3.71. The second-order valence-corrected chi connectivity index (χ2v) is 5.21. The molecule has 1 aliphatic rings. The maximum Gasteiger partial charge on any atom is 0.267 e. The van der Waals surface area contributed by atoms with Gasteiger partial charge in [-0.15, -0.1) is 5.10 Å². The van der Waals surface area contributed by atoms with Gasteiger partial charge in [-0.05, 0) is 17.7 Å². The van der Waals surface area contributed by atoms with Crippen LogP contribution in [0, 0.1) is 0 Å². The highest BCUT2D eigenvalue weighted by molar-refractivity contribution is 6.34. The molecule has 2 heterocycles. The molecule has 2 amide bonds. The number of anilines is 1. The van der Waals surface area contributed by atoms with Gasteiger partial charge in [-0.25, -0.2) is 4.90 Å². The van der Waals surface area contributed by atoms with Gasteiger partial charge < -0.3 is 0 Å². The van der Waals surface area contributed by atoms with Crippen LogP contribution in [0.25, 0.3) is 0 Å². The Balaban J connectivity index is 1.63. The molecule has 3 aromatic rings. The number of benzene rings is 2. The SMILES string of the molecule is O=C1c2ccccc2C(=O)N1c1cnn(Cc2ccccc2)n1. The molecule has 0 fully saturated rings. The molecule has 4 rings (SSSR count). The third-order valence-electron chi connectivity index (χ3n) is 3.71. The van der Waals surface area contributed by atoms with Gasteiger partial charge in [-0.2, -0.15) is 9.90 Å². The molecule has 1 aliphatic heterocycles. The summed E-state index contributed by atoms with van der Waals surface area (Å²) in [5.41, 5.74) is 1.84. The van der Waals surface area contributed by atoms with Crippen molar-refractivity contribution in [3.05, 3.63) is 77.5 Å². The van der Waals surface area contributed by atoms with E-state index in [9.17, 15) is 9.59 Å². The number of rotatable bonds is 3. The van der Waals surface area contributed by atoms with Crippen LogP contribution in [-0.2, 0) is 6.54 Å². The quantitative estimate of drug-likeness (QED) is 0.695. The zero-order valence-electron chi connectivity index (χ0n) is 12.1. The Bertz CT molecular complexity index is 867. The Morgan fingerprint density at radius 1 is 0.826 bits per heavy atom. The van der Waals surface area contributed by atoms with Gasteiger partial charge in [0.05, 0.1) is 23.9 Å². The van der Waals surface area contributed by atoms with E-state index in [0.717, 1.165) is 10.5 Å². The first-order valence-corrected chi connectivity index (χ1v) is 7.16. The molecule has 6 nitrogen and oxygen atoms in total. The van der Waals surface area contributed by atoms with Crippen molar-refractivity contribution in [2.24, 2.45) is 0 Å². The molecule has 0 saturated heterocycles. The number of amides is 2. The summed E-state index contributed by atoms with van der Waals surface area (Å²) in [5, 5.41) is 8.41. The van der Waals surface area contributed by atoms with Crippen LogP contribution < -0.4 is 4.90 Å². The van der Waals surface area contributed by atoms with E-state index < -0.39 is 0 Å². The van der Waals surface area contributed by atoms with Gasteiger partial charge in [0.15, 0.2) is 5.82 Å². The molecule has 0 N–H and O–H groups in total. The van der Waals surface area contributed by atoms with Crippen molar-refractivity contribution < 1.29 is 9.59 Å². The fraction of sp³-hybridized carbons (Fsp3) is 0.0588. The number of fused-ring (bicyclic) bond motifs is 1. The van der Waals surface area contributed by atoms with Gasteiger partial charge in [0, 0.05) is 0 Å². The Morgan fingerprint density at radius 3 is 2.09 bits per heavy atom. The maximum absolute atomic E-state index is 12.4. The largest absolute Gasteiger partial charge is 0.268 e. The van der Waals surface area contributed by atoms with E-state index in [-0.39, 0.29) is 17.6 Å². The molecule has 0 atom stereocenters. The molecule has 2 aromatic carbocycles. The van der Waals surface area contributed by atoms with Crippen LogP contribution in [0.1, 0.15) is 26.3 Å². The van der Waals surface area contributed by atoms with E-state index >= 15 is 0 Å². The summed E-state index contributed by atoms with van der Waals surface area (Å²) in [6.45, 7) is 0.476. The summed E-state index contributed by atoms with van der Waals surface area (Å²) >= 11 is 0. The van der Waals surface area contributed by atoms with Gasteiger partial charge in [-0.1, -0.05) is 42.5 Å². The number of aromatic nitrogens is 3. The minimum absolute atomic E-state index is 0.243. The minimum atomic E-state index is -0.364. The summed E-state index contributed by atoms with van der Waals surface area (Å²) in [5.74, 6) is -0.484. The van der Waals surface area contributed by atoms with Crippen molar-refractivity contribution in [2.75, 3.05) is 4.90 Å².